The standard InChI is InChI=1S/C9H16N2O5/c1-16-8(14)3-2-4-11-9(15)6(10)5-7(12)13/h6H,2-5,10H2,1H3,(H,11,15)(H,12,13)/t6-/m1/s1. The smallest absolute Gasteiger partial charge is 0.305 e. The average molecular weight is 232 g/mol. The Bertz CT molecular complexity index is 267. The van der Waals surface area contributed by atoms with Crippen LogP contribution in [0.4, 0.5) is 0 Å². The molecule has 0 aromatic carbocycles. The first kappa shape index (κ1) is 14.4. The van der Waals surface area contributed by atoms with Crippen LogP contribution in [0.15, 0.2) is 0 Å². The van der Waals surface area contributed by atoms with Crippen molar-refractivity contribution in [3.05, 3.63) is 0 Å². The van der Waals surface area contributed by atoms with E-state index in [1.54, 1.807) is 0 Å². The minimum absolute atomic E-state index is 0.199. The highest BCUT2D eigenvalue weighted by atomic mass is 16.5. The number of hydrogen-bond acceptors (Lipinski definition) is 5. The highest BCUT2D eigenvalue weighted by molar-refractivity contribution is 5.85. The maximum atomic E-state index is 11.2. The molecule has 0 aliphatic carbocycles. The molecule has 0 aliphatic rings. The van der Waals surface area contributed by atoms with E-state index in [1.807, 2.05) is 0 Å². The summed E-state index contributed by atoms with van der Waals surface area (Å²) in [7, 11) is 1.28. The second-order valence-electron chi connectivity index (χ2n) is 3.18. The highest BCUT2D eigenvalue weighted by Crippen LogP contribution is 1.92. The number of hydrogen-bond donors (Lipinski definition) is 3. The van der Waals surface area contributed by atoms with Crippen LogP contribution >= 0.6 is 0 Å². The predicted molar refractivity (Wildman–Crippen MR) is 54.5 cm³/mol. The topological polar surface area (TPSA) is 119 Å². The first-order valence-corrected chi connectivity index (χ1v) is 4.79. The summed E-state index contributed by atoms with van der Waals surface area (Å²) in [6.07, 6.45) is 0.214. The van der Waals surface area contributed by atoms with Gasteiger partial charge in [0.2, 0.25) is 5.91 Å². The Morgan fingerprint density at radius 1 is 1.44 bits per heavy atom. The molecule has 0 spiro atoms. The van der Waals surface area contributed by atoms with Crippen molar-refractivity contribution in [1.82, 2.24) is 5.32 Å². The van der Waals surface area contributed by atoms with Crippen LogP contribution in [0.1, 0.15) is 19.3 Å². The van der Waals surface area contributed by atoms with Crippen molar-refractivity contribution in [2.24, 2.45) is 5.73 Å². The summed E-state index contributed by atoms with van der Waals surface area (Å²) < 4.78 is 4.40. The van der Waals surface area contributed by atoms with Gasteiger partial charge in [0, 0.05) is 13.0 Å². The molecule has 4 N–H and O–H groups in total. The van der Waals surface area contributed by atoms with Crippen molar-refractivity contribution < 1.29 is 24.2 Å². The number of amides is 1. The van der Waals surface area contributed by atoms with Crippen LogP contribution in [-0.2, 0) is 19.1 Å². The van der Waals surface area contributed by atoms with Crippen LogP contribution in [0, 0.1) is 0 Å². The number of nitrogens with two attached hydrogens (primary N) is 1. The molecule has 0 aromatic heterocycles. The maximum Gasteiger partial charge on any atom is 0.305 e. The molecule has 16 heavy (non-hydrogen) atoms. The van der Waals surface area contributed by atoms with Crippen molar-refractivity contribution in [3.8, 4) is 0 Å². The van der Waals surface area contributed by atoms with Gasteiger partial charge in [0.1, 0.15) is 0 Å². The van der Waals surface area contributed by atoms with Gasteiger partial charge in [-0.3, -0.25) is 14.4 Å². The predicted octanol–water partition coefficient (Wildman–Crippen LogP) is -1.14. The Balaban J connectivity index is 3.65. The summed E-state index contributed by atoms with van der Waals surface area (Å²) in [6, 6.07) is -1.06. The number of aliphatic carboxylic acids is 1. The number of ether oxygens (including phenoxy) is 1. The molecule has 0 radical (unpaired) electrons. The number of methoxy groups -OCH3 is 1. The fourth-order valence-corrected chi connectivity index (χ4v) is 0.958. The number of nitrogens with one attached hydrogen (secondary N) is 1. The van der Waals surface area contributed by atoms with E-state index in [2.05, 4.69) is 10.1 Å². The zero-order valence-electron chi connectivity index (χ0n) is 9.06. The van der Waals surface area contributed by atoms with Gasteiger partial charge in [0.15, 0.2) is 0 Å². The van der Waals surface area contributed by atoms with Gasteiger partial charge in [-0.2, -0.15) is 0 Å². The first-order chi connectivity index (χ1) is 7.47. The summed E-state index contributed by atoms with van der Waals surface area (Å²) in [6.45, 7) is 0.265. The molecular formula is C9H16N2O5. The van der Waals surface area contributed by atoms with Crippen molar-refractivity contribution in [2.45, 2.75) is 25.3 Å². The fourth-order valence-electron chi connectivity index (χ4n) is 0.958. The maximum absolute atomic E-state index is 11.2. The molecule has 0 aromatic rings. The normalized spacial score (nSPS) is 11.6. The molecule has 7 heteroatoms. The number of esters is 1. The summed E-state index contributed by atoms with van der Waals surface area (Å²) in [5, 5.41) is 10.8. The van der Waals surface area contributed by atoms with Gasteiger partial charge in [-0.15, -0.1) is 0 Å². The number of carbonyl (C=O) groups excluding carboxylic acids is 2. The monoisotopic (exact) mass is 232 g/mol. The van der Waals surface area contributed by atoms with Crippen LogP contribution < -0.4 is 11.1 Å². The largest absolute Gasteiger partial charge is 0.481 e. The van der Waals surface area contributed by atoms with Gasteiger partial charge in [0.25, 0.3) is 0 Å². The second kappa shape index (κ2) is 7.63. The molecule has 0 unspecified atom stereocenters. The van der Waals surface area contributed by atoms with Gasteiger partial charge >= 0.3 is 11.9 Å². The Morgan fingerprint density at radius 3 is 2.56 bits per heavy atom. The summed E-state index contributed by atoms with van der Waals surface area (Å²) in [4.78, 5) is 32.1. The lowest BCUT2D eigenvalue weighted by atomic mass is 10.2. The zero-order chi connectivity index (χ0) is 12.6. The van der Waals surface area contributed by atoms with Crippen LogP contribution in [0.3, 0.4) is 0 Å². The number of carboxylic acids is 1. The van der Waals surface area contributed by atoms with Crippen LogP contribution in [0.25, 0.3) is 0 Å². The molecule has 7 nitrogen and oxygen atoms in total. The van der Waals surface area contributed by atoms with Crippen LogP contribution in [-0.4, -0.2) is 42.6 Å². The van der Waals surface area contributed by atoms with E-state index in [-0.39, 0.29) is 18.9 Å². The lowest BCUT2D eigenvalue weighted by Gasteiger charge is -2.09. The van der Waals surface area contributed by atoms with Crippen molar-refractivity contribution in [2.75, 3.05) is 13.7 Å². The fraction of sp³-hybridized carbons (Fsp3) is 0.667. The third-order valence-electron chi connectivity index (χ3n) is 1.82. The van der Waals surface area contributed by atoms with Gasteiger partial charge < -0.3 is 20.9 Å². The SMILES string of the molecule is COC(=O)CCCNC(=O)[C@H](N)CC(=O)O. The number of carbonyl (C=O) groups is 3. The molecule has 1 amide bonds. The zero-order valence-corrected chi connectivity index (χ0v) is 9.06. The minimum atomic E-state index is -1.13. The Kier molecular flexibility index (Phi) is 6.86. The van der Waals surface area contributed by atoms with Gasteiger partial charge in [-0.05, 0) is 6.42 Å². The van der Waals surface area contributed by atoms with E-state index < -0.39 is 24.3 Å². The van der Waals surface area contributed by atoms with E-state index in [4.69, 9.17) is 10.8 Å². The number of rotatable bonds is 7. The van der Waals surface area contributed by atoms with Crippen molar-refractivity contribution in [3.63, 3.8) is 0 Å². The van der Waals surface area contributed by atoms with Gasteiger partial charge in [-0.25, -0.2) is 0 Å². The van der Waals surface area contributed by atoms with E-state index >= 15 is 0 Å². The van der Waals surface area contributed by atoms with E-state index in [1.165, 1.54) is 7.11 Å². The lowest BCUT2D eigenvalue weighted by Crippen LogP contribution is -2.42. The van der Waals surface area contributed by atoms with E-state index in [0.717, 1.165) is 0 Å². The molecule has 0 saturated carbocycles. The average Bonchev–Trinajstić information content (AvgIpc) is 2.22. The second-order valence-corrected chi connectivity index (χ2v) is 3.18. The molecule has 92 valence electrons. The van der Waals surface area contributed by atoms with Gasteiger partial charge in [-0.1, -0.05) is 0 Å². The molecule has 0 bridgehead atoms. The Labute approximate surface area is 92.9 Å². The van der Waals surface area contributed by atoms with Crippen molar-refractivity contribution in [1.29, 1.82) is 0 Å². The molecule has 0 aliphatic heterocycles. The highest BCUT2D eigenvalue weighted by Gasteiger charge is 2.16. The number of carboxylic acid groups (broad SMARTS) is 1. The quantitative estimate of drug-likeness (QED) is 0.377. The van der Waals surface area contributed by atoms with Crippen molar-refractivity contribution >= 4 is 17.8 Å². The molecule has 0 heterocycles. The Morgan fingerprint density at radius 2 is 2.06 bits per heavy atom. The van der Waals surface area contributed by atoms with Gasteiger partial charge in [0.05, 0.1) is 19.6 Å². The lowest BCUT2D eigenvalue weighted by molar-refractivity contribution is -0.140. The molecule has 0 saturated heterocycles. The minimum Gasteiger partial charge on any atom is -0.481 e. The van der Waals surface area contributed by atoms with Crippen LogP contribution in [0.5, 0.6) is 0 Å². The first-order valence-electron chi connectivity index (χ1n) is 4.79. The Hall–Kier alpha value is -1.63. The van der Waals surface area contributed by atoms with Crippen LogP contribution in [0.2, 0.25) is 0 Å². The third kappa shape index (κ3) is 6.77. The van der Waals surface area contributed by atoms with E-state index in [0.29, 0.717) is 6.42 Å². The van der Waals surface area contributed by atoms with E-state index in [9.17, 15) is 14.4 Å². The third-order valence-corrected chi connectivity index (χ3v) is 1.82. The molecular weight excluding hydrogens is 216 g/mol. The summed E-state index contributed by atoms with van der Waals surface area (Å²) in [5.74, 6) is -2.02. The molecule has 0 rings (SSSR count). The summed E-state index contributed by atoms with van der Waals surface area (Å²) in [5.41, 5.74) is 5.30. The summed E-state index contributed by atoms with van der Waals surface area (Å²) >= 11 is 0. The molecule has 0 fully saturated rings. The molecule has 1 atom stereocenters.